The number of carbonyl (C=O) groups excluding carboxylic acids is 3. The van der Waals surface area contributed by atoms with E-state index in [2.05, 4.69) is 21.2 Å². The van der Waals surface area contributed by atoms with Crippen molar-refractivity contribution in [1.29, 1.82) is 0 Å². The number of hydrazine groups is 1. The number of carbonyl (C=O) groups is 3. The molecule has 1 aromatic heterocycles. The third-order valence-corrected chi connectivity index (χ3v) is 4.21. The Morgan fingerprint density at radius 2 is 1.75 bits per heavy atom. The van der Waals surface area contributed by atoms with Gasteiger partial charge in [-0.2, -0.15) is 0 Å². The summed E-state index contributed by atoms with van der Waals surface area (Å²) in [5.74, 6) is -2.50. The minimum Gasteiger partial charge on any atom is -0.361 e. The van der Waals surface area contributed by atoms with E-state index in [1.54, 1.807) is 6.20 Å². The molecule has 1 unspecified atom stereocenters. The van der Waals surface area contributed by atoms with E-state index in [1.165, 1.54) is 25.1 Å². The van der Waals surface area contributed by atoms with E-state index in [9.17, 15) is 18.8 Å². The van der Waals surface area contributed by atoms with Crippen molar-refractivity contribution in [2.45, 2.75) is 19.4 Å². The van der Waals surface area contributed by atoms with Crippen LogP contribution in [0.1, 0.15) is 22.8 Å². The first-order valence-electron chi connectivity index (χ1n) is 8.62. The van der Waals surface area contributed by atoms with Gasteiger partial charge in [-0.3, -0.25) is 25.2 Å². The number of amides is 3. The van der Waals surface area contributed by atoms with Gasteiger partial charge in [0.15, 0.2) is 0 Å². The zero-order valence-corrected chi connectivity index (χ0v) is 15.1. The van der Waals surface area contributed by atoms with Crippen LogP contribution >= 0.6 is 0 Å². The summed E-state index contributed by atoms with van der Waals surface area (Å²) in [6.45, 7) is 1.30. The van der Waals surface area contributed by atoms with Crippen molar-refractivity contribution in [3.05, 3.63) is 71.7 Å². The molecule has 4 N–H and O–H groups in total. The summed E-state index contributed by atoms with van der Waals surface area (Å²) in [5, 5.41) is 3.50. The lowest BCUT2D eigenvalue weighted by Crippen LogP contribution is -2.52. The maximum Gasteiger partial charge on any atom is 0.272 e. The highest BCUT2D eigenvalue weighted by molar-refractivity contribution is 5.96. The lowest BCUT2D eigenvalue weighted by Gasteiger charge is -2.18. The van der Waals surface area contributed by atoms with Crippen molar-refractivity contribution in [3.63, 3.8) is 0 Å². The van der Waals surface area contributed by atoms with Gasteiger partial charge >= 0.3 is 0 Å². The highest BCUT2D eigenvalue weighted by Gasteiger charge is 2.22. The van der Waals surface area contributed by atoms with Crippen molar-refractivity contribution < 1.29 is 18.8 Å². The molecule has 0 spiro atoms. The fourth-order valence-electron chi connectivity index (χ4n) is 2.89. The molecular formula is C20H19FN4O3. The van der Waals surface area contributed by atoms with Crippen LogP contribution in [0, 0.1) is 5.82 Å². The fraction of sp³-hybridized carbons (Fsp3) is 0.150. The molecule has 0 bridgehead atoms. The predicted molar refractivity (Wildman–Crippen MR) is 102 cm³/mol. The molecule has 2 aromatic carbocycles. The van der Waals surface area contributed by atoms with Gasteiger partial charge < -0.3 is 10.3 Å². The zero-order chi connectivity index (χ0) is 20.1. The van der Waals surface area contributed by atoms with Crippen LogP contribution in [0.25, 0.3) is 10.9 Å². The molecule has 0 aliphatic carbocycles. The molecular weight excluding hydrogens is 363 g/mol. The number of nitrogens with one attached hydrogen (secondary N) is 4. The monoisotopic (exact) mass is 382 g/mol. The smallest absolute Gasteiger partial charge is 0.272 e. The van der Waals surface area contributed by atoms with Gasteiger partial charge in [-0.1, -0.05) is 30.3 Å². The van der Waals surface area contributed by atoms with E-state index in [4.69, 9.17) is 0 Å². The second kappa shape index (κ2) is 8.34. The van der Waals surface area contributed by atoms with Crippen LogP contribution in [-0.4, -0.2) is 28.7 Å². The summed E-state index contributed by atoms with van der Waals surface area (Å²) < 4.78 is 13.7. The molecule has 0 radical (unpaired) electrons. The van der Waals surface area contributed by atoms with E-state index < -0.39 is 23.7 Å². The van der Waals surface area contributed by atoms with Gasteiger partial charge in [0.25, 0.3) is 11.8 Å². The van der Waals surface area contributed by atoms with Gasteiger partial charge in [-0.05, 0) is 23.8 Å². The number of hydrogen-bond donors (Lipinski definition) is 4. The number of halogens is 1. The molecule has 1 atom stereocenters. The Kier molecular flexibility index (Phi) is 5.69. The molecule has 8 heteroatoms. The largest absolute Gasteiger partial charge is 0.361 e. The summed E-state index contributed by atoms with van der Waals surface area (Å²) in [4.78, 5) is 39.2. The SMILES string of the molecule is CC(=O)NC(Cc1c[nH]c2ccccc12)C(=O)NNC(=O)c1ccccc1F. The Labute approximate surface area is 160 Å². The van der Waals surface area contributed by atoms with Crippen molar-refractivity contribution >= 4 is 28.6 Å². The third-order valence-electron chi connectivity index (χ3n) is 4.21. The molecule has 1 heterocycles. The van der Waals surface area contributed by atoms with Gasteiger partial charge in [0.05, 0.1) is 5.56 Å². The third kappa shape index (κ3) is 4.35. The molecule has 144 valence electrons. The number of hydrogen-bond acceptors (Lipinski definition) is 3. The van der Waals surface area contributed by atoms with E-state index in [-0.39, 0.29) is 17.9 Å². The van der Waals surface area contributed by atoms with Crippen LogP contribution in [0.4, 0.5) is 4.39 Å². The second-order valence-electron chi connectivity index (χ2n) is 6.24. The number of H-pyrrole nitrogens is 1. The predicted octanol–water partition coefficient (Wildman–Crippen LogP) is 1.82. The summed E-state index contributed by atoms with van der Waals surface area (Å²) in [7, 11) is 0. The van der Waals surface area contributed by atoms with Crippen LogP contribution in [-0.2, 0) is 16.0 Å². The van der Waals surface area contributed by atoms with Crippen molar-refractivity contribution in [2.75, 3.05) is 0 Å². The van der Waals surface area contributed by atoms with E-state index in [0.717, 1.165) is 22.5 Å². The van der Waals surface area contributed by atoms with Gasteiger partial charge in [0.2, 0.25) is 5.91 Å². The van der Waals surface area contributed by atoms with Crippen LogP contribution in [0.3, 0.4) is 0 Å². The molecule has 3 rings (SSSR count). The number of rotatable bonds is 5. The number of benzene rings is 2. The highest BCUT2D eigenvalue weighted by Crippen LogP contribution is 2.19. The highest BCUT2D eigenvalue weighted by atomic mass is 19.1. The number of aromatic nitrogens is 1. The van der Waals surface area contributed by atoms with Crippen molar-refractivity contribution in [3.8, 4) is 0 Å². The normalized spacial score (nSPS) is 11.6. The lowest BCUT2D eigenvalue weighted by atomic mass is 10.0. The molecule has 3 amide bonds. The summed E-state index contributed by atoms with van der Waals surface area (Å²) in [6.07, 6.45) is 1.98. The standard InChI is InChI=1S/C20H19FN4O3/c1-12(26)23-18(10-13-11-22-17-9-5-3-6-14(13)17)20(28)25-24-19(27)15-7-2-4-8-16(15)21/h2-9,11,18,22H,10H2,1H3,(H,23,26)(H,24,27)(H,25,28). The molecule has 0 aliphatic rings. The first-order valence-corrected chi connectivity index (χ1v) is 8.62. The fourth-order valence-corrected chi connectivity index (χ4v) is 2.89. The molecule has 0 aliphatic heterocycles. The summed E-state index contributed by atoms with van der Waals surface area (Å²) in [5.41, 5.74) is 5.97. The average Bonchev–Trinajstić information content (AvgIpc) is 3.08. The van der Waals surface area contributed by atoms with Crippen LogP contribution in [0.15, 0.2) is 54.7 Å². The molecule has 28 heavy (non-hydrogen) atoms. The molecule has 0 saturated heterocycles. The van der Waals surface area contributed by atoms with Crippen LogP contribution in [0.5, 0.6) is 0 Å². The first kappa shape index (κ1) is 19.1. The average molecular weight is 382 g/mol. The molecule has 3 aromatic rings. The summed E-state index contributed by atoms with van der Waals surface area (Å²) in [6, 6.07) is 12.1. The quantitative estimate of drug-likeness (QED) is 0.506. The second-order valence-corrected chi connectivity index (χ2v) is 6.24. The van der Waals surface area contributed by atoms with Crippen molar-refractivity contribution in [2.24, 2.45) is 0 Å². The number of aromatic amines is 1. The van der Waals surface area contributed by atoms with Crippen LogP contribution in [0.2, 0.25) is 0 Å². The zero-order valence-electron chi connectivity index (χ0n) is 15.1. The minimum atomic E-state index is -0.919. The topological polar surface area (TPSA) is 103 Å². The lowest BCUT2D eigenvalue weighted by molar-refractivity contribution is -0.128. The minimum absolute atomic E-state index is 0.199. The summed E-state index contributed by atoms with van der Waals surface area (Å²) >= 11 is 0. The first-order chi connectivity index (χ1) is 13.5. The number of para-hydroxylation sites is 1. The van der Waals surface area contributed by atoms with Gasteiger partial charge in [-0.15, -0.1) is 0 Å². The Bertz CT molecular complexity index is 1030. The van der Waals surface area contributed by atoms with Crippen molar-refractivity contribution in [1.82, 2.24) is 21.2 Å². The maximum absolute atomic E-state index is 13.7. The Balaban J connectivity index is 1.70. The Morgan fingerprint density at radius 1 is 1.04 bits per heavy atom. The van der Waals surface area contributed by atoms with E-state index in [0.29, 0.717) is 0 Å². The van der Waals surface area contributed by atoms with E-state index in [1.807, 2.05) is 24.3 Å². The number of fused-ring (bicyclic) bond motifs is 1. The Hall–Kier alpha value is -3.68. The Morgan fingerprint density at radius 3 is 2.50 bits per heavy atom. The molecule has 0 fully saturated rings. The molecule has 0 saturated carbocycles. The van der Waals surface area contributed by atoms with Crippen LogP contribution < -0.4 is 16.2 Å². The van der Waals surface area contributed by atoms with Gasteiger partial charge in [-0.25, -0.2) is 4.39 Å². The maximum atomic E-state index is 13.7. The van der Waals surface area contributed by atoms with Gasteiger partial charge in [0, 0.05) is 30.4 Å². The van der Waals surface area contributed by atoms with Gasteiger partial charge in [0.1, 0.15) is 11.9 Å². The molecule has 7 nitrogen and oxygen atoms in total. The van der Waals surface area contributed by atoms with E-state index >= 15 is 0 Å².